The van der Waals surface area contributed by atoms with Gasteiger partial charge in [0.1, 0.15) is 0 Å². The summed E-state index contributed by atoms with van der Waals surface area (Å²) < 4.78 is 5.17. The Morgan fingerprint density at radius 1 is 1.40 bits per heavy atom. The van der Waals surface area contributed by atoms with Crippen molar-refractivity contribution in [2.24, 2.45) is 0 Å². The van der Waals surface area contributed by atoms with Crippen LogP contribution in [0, 0.1) is 0 Å². The van der Waals surface area contributed by atoms with Crippen molar-refractivity contribution in [2.75, 3.05) is 14.2 Å². The van der Waals surface area contributed by atoms with E-state index in [1.165, 1.54) is 6.42 Å². The van der Waals surface area contributed by atoms with Gasteiger partial charge in [0.05, 0.1) is 6.10 Å². The second kappa shape index (κ2) is 3.74. The van der Waals surface area contributed by atoms with Crippen molar-refractivity contribution in [3.63, 3.8) is 0 Å². The number of nitrogens with one attached hydrogen (secondary N) is 1. The molecule has 0 radical (unpaired) electrons. The van der Waals surface area contributed by atoms with E-state index >= 15 is 0 Å². The number of hydrogen-bond acceptors (Lipinski definition) is 2. The maximum atomic E-state index is 5.17. The van der Waals surface area contributed by atoms with E-state index in [9.17, 15) is 0 Å². The SMILES string of the molecule is CNC1C=CC(OC)CC1. The lowest BCUT2D eigenvalue weighted by Gasteiger charge is -2.20. The molecular weight excluding hydrogens is 126 g/mol. The molecule has 0 aromatic carbocycles. The van der Waals surface area contributed by atoms with Gasteiger partial charge in [0, 0.05) is 13.2 Å². The highest BCUT2D eigenvalue weighted by Crippen LogP contribution is 2.12. The zero-order chi connectivity index (χ0) is 7.40. The van der Waals surface area contributed by atoms with Crippen LogP contribution in [0.5, 0.6) is 0 Å². The molecule has 1 rings (SSSR count). The third-order valence-corrected chi connectivity index (χ3v) is 1.99. The molecule has 2 unspecified atom stereocenters. The van der Waals surface area contributed by atoms with Gasteiger partial charge in [-0.3, -0.25) is 0 Å². The minimum Gasteiger partial charge on any atom is -0.377 e. The van der Waals surface area contributed by atoms with Gasteiger partial charge in [-0.05, 0) is 19.9 Å². The number of ether oxygens (including phenoxy) is 1. The van der Waals surface area contributed by atoms with Crippen molar-refractivity contribution in [3.05, 3.63) is 12.2 Å². The Morgan fingerprint density at radius 2 is 2.20 bits per heavy atom. The fraction of sp³-hybridized carbons (Fsp3) is 0.750. The fourth-order valence-corrected chi connectivity index (χ4v) is 1.23. The largest absolute Gasteiger partial charge is 0.377 e. The minimum absolute atomic E-state index is 0.351. The summed E-state index contributed by atoms with van der Waals surface area (Å²) in [5.74, 6) is 0. The Bertz CT molecular complexity index is 108. The first-order valence-electron chi connectivity index (χ1n) is 3.75. The number of methoxy groups -OCH3 is 1. The monoisotopic (exact) mass is 141 g/mol. The molecule has 1 aliphatic rings. The zero-order valence-electron chi connectivity index (χ0n) is 6.63. The molecule has 0 saturated heterocycles. The predicted molar refractivity (Wildman–Crippen MR) is 42.0 cm³/mol. The Balaban J connectivity index is 2.36. The van der Waals surface area contributed by atoms with Crippen molar-refractivity contribution >= 4 is 0 Å². The molecule has 0 saturated carbocycles. The van der Waals surface area contributed by atoms with Gasteiger partial charge < -0.3 is 10.1 Å². The quantitative estimate of drug-likeness (QED) is 0.578. The summed E-state index contributed by atoms with van der Waals surface area (Å²) in [6.07, 6.45) is 6.98. The van der Waals surface area contributed by atoms with Crippen molar-refractivity contribution in [1.82, 2.24) is 5.32 Å². The van der Waals surface area contributed by atoms with Crippen LogP contribution in [-0.4, -0.2) is 26.3 Å². The van der Waals surface area contributed by atoms with E-state index in [0.717, 1.165) is 6.42 Å². The molecule has 58 valence electrons. The number of likely N-dealkylation sites (N-methyl/N-ethyl adjacent to an activating group) is 1. The van der Waals surface area contributed by atoms with Gasteiger partial charge in [0.2, 0.25) is 0 Å². The average molecular weight is 141 g/mol. The lowest BCUT2D eigenvalue weighted by molar-refractivity contribution is 0.125. The molecule has 0 aromatic heterocycles. The van der Waals surface area contributed by atoms with Crippen LogP contribution in [0.3, 0.4) is 0 Å². The molecule has 2 heteroatoms. The second-order valence-electron chi connectivity index (χ2n) is 2.63. The Morgan fingerprint density at radius 3 is 2.60 bits per heavy atom. The molecule has 2 atom stereocenters. The maximum Gasteiger partial charge on any atom is 0.0753 e. The summed E-state index contributed by atoms with van der Waals surface area (Å²) >= 11 is 0. The van der Waals surface area contributed by atoms with Crippen LogP contribution in [0.25, 0.3) is 0 Å². The summed E-state index contributed by atoms with van der Waals surface area (Å²) in [5.41, 5.74) is 0. The van der Waals surface area contributed by atoms with Crippen molar-refractivity contribution in [2.45, 2.75) is 25.0 Å². The maximum absolute atomic E-state index is 5.17. The van der Waals surface area contributed by atoms with E-state index in [2.05, 4.69) is 17.5 Å². The first-order valence-corrected chi connectivity index (χ1v) is 3.75. The molecule has 1 N–H and O–H groups in total. The second-order valence-corrected chi connectivity index (χ2v) is 2.63. The van der Waals surface area contributed by atoms with Crippen LogP contribution in [-0.2, 0) is 4.74 Å². The first kappa shape index (κ1) is 7.76. The van der Waals surface area contributed by atoms with E-state index in [0.29, 0.717) is 12.1 Å². The fourth-order valence-electron chi connectivity index (χ4n) is 1.23. The molecule has 2 nitrogen and oxygen atoms in total. The van der Waals surface area contributed by atoms with Crippen LogP contribution >= 0.6 is 0 Å². The van der Waals surface area contributed by atoms with Crippen LogP contribution in [0.4, 0.5) is 0 Å². The molecule has 1 aliphatic carbocycles. The van der Waals surface area contributed by atoms with Crippen LogP contribution < -0.4 is 5.32 Å². The van der Waals surface area contributed by atoms with E-state index in [4.69, 9.17) is 4.74 Å². The van der Waals surface area contributed by atoms with Gasteiger partial charge >= 0.3 is 0 Å². The minimum atomic E-state index is 0.351. The molecular formula is C8H15NO. The summed E-state index contributed by atoms with van der Waals surface area (Å²) in [6.45, 7) is 0. The van der Waals surface area contributed by atoms with Gasteiger partial charge in [0.25, 0.3) is 0 Å². The molecule has 0 heterocycles. The number of rotatable bonds is 2. The first-order chi connectivity index (χ1) is 4.86. The van der Waals surface area contributed by atoms with Crippen molar-refractivity contribution in [3.8, 4) is 0 Å². The summed E-state index contributed by atoms with van der Waals surface area (Å²) in [7, 11) is 3.75. The Labute approximate surface area is 62.3 Å². The molecule has 10 heavy (non-hydrogen) atoms. The standard InChI is InChI=1S/C8H15NO/c1-9-7-3-5-8(10-2)6-4-7/h3,5,7-9H,4,6H2,1-2H3. The molecule has 0 bridgehead atoms. The molecule has 0 aliphatic heterocycles. The van der Waals surface area contributed by atoms with Crippen LogP contribution in [0.15, 0.2) is 12.2 Å². The van der Waals surface area contributed by atoms with E-state index in [1.807, 2.05) is 7.05 Å². The predicted octanol–water partition coefficient (Wildman–Crippen LogP) is 0.939. The van der Waals surface area contributed by atoms with Crippen molar-refractivity contribution in [1.29, 1.82) is 0 Å². The van der Waals surface area contributed by atoms with E-state index in [1.54, 1.807) is 7.11 Å². The summed E-state index contributed by atoms with van der Waals surface area (Å²) in [6, 6.07) is 0.561. The van der Waals surface area contributed by atoms with Crippen molar-refractivity contribution < 1.29 is 4.74 Å². The van der Waals surface area contributed by atoms with E-state index < -0.39 is 0 Å². The normalized spacial score (nSPS) is 32.6. The highest BCUT2D eigenvalue weighted by molar-refractivity contribution is 5.02. The van der Waals surface area contributed by atoms with Crippen LogP contribution in [0.2, 0.25) is 0 Å². The molecule has 0 spiro atoms. The zero-order valence-corrected chi connectivity index (χ0v) is 6.63. The highest BCUT2D eigenvalue weighted by atomic mass is 16.5. The summed E-state index contributed by atoms with van der Waals surface area (Å²) in [5, 5.41) is 3.21. The van der Waals surface area contributed by atoms with Gasteiger partial charge in [-0.1, -0.05) is 12.2 Å². The van der Waals surface area contributed by atoms with Gasteiger partial charge in [-0.25, -0.2) is 0 Å². The van der Waals surface area contributed by atoms with Crippen LogP contribution in [0.1, 0.15) is 12.8 Å². The third-order valence-electron chi connectivity index (χ3n) is 1.99. The smallest absolute Gasteiger partial charge is 0.0753 e. The van der Waals surface area contributed by atoms with Gasteiger partial charge in [-0.2, -0.15) is 0 Å². The Hall–Kier alpha value is -0.340. The highest BCUT2D eigenvalue weighted by Gasteiger charge is 2.12. The third kappa shape index (κ3) is 1.82. The number of hydrogen-bond donors (Lipinski definition) is 1. The lowest BCUT2D eigenvalue weighted by Crippen LogP contribution is -2.28. The Kier molecular flexibility index (Phi) is 2.90. The topological polar surface area (TPSA) is 21.3 Å². The lowest BCUT2D eigenvalue weighted by atomic mass is 10.0. The average Bonchev–Trinajstić information content (AvgIpc) is 2.05. The van der Waals surface area contributed by atoms with Gasteiger partial charge in [-0.15, -0.1) is 0 Å². The molecule has 0 amide bonds. The molecule has 0 fully saturated rings. The van der Waals surface area contributed by atoms with Gasteiger partial charge in [0.15, 0.2) is 0 Å². The van der Waals surface area contributed by atoms with E-state index in [-0.39, 0.29) is 0 Å². The molecule has 0 aromatic rings. The summed E-state index contributed by atoms with van der Waals surface area (Å²) in [4.78, 5) is 0.